The molecule has 0 heterocycles. The van der Waals surface area contributed by atoms with E-state index in [1.165, 1.54) is 51.4 Å². The minimum Gasteiger partial charge on any atom is -0.462 e. The molecule has 0 aliphatic heterocycles. The summed E-state index contributed by atoms with van der Waals surface area (Å²) in [5.41, 5.74) is 0. The van der Waals surface area contributed by atoms with Crippen LogP contribution in [0, 0.1) is 0 Å². The quantitative estimate of drug-likeness (QED) is 0.0261. The van der Waals surface area contributed by atoms with E-state index in [2.05, 4.69) is 167 Å². The van der Waals surface area contributed by atoms with Gasteiger partial charge < -0.3 is 14.2 Å². The lowest BCUT2D eigenvalue weighted by Crippen LogP contribution is -2.30. The molecule has 75 heavy (non-hydrogen) atoms. The van der Waals surface area contributed by atoms with Crippen LogP contribution in [0.2, 0.25) is 0 Å². The molecule has 0 amide bonds. The topological polar surface area (TPSA) is 78.9 Å². The van der Waals surface area contributed by atoms with Crippen molar-refractivity contribution >= 4 is 17.9 Å². The number of hydrogen-bond donors (Lipinski definition) is 0. The van der Waals surface area contributed by atoms with Gasteiger partial charge in [0.25, 0.3) is 0 Å². The van der Waals surface area contributed by atoms with Crippen LogP contribution in [0.1, 0.15) is 252 Å². The van der Waals surface area contributed by atoms with Gasteiger partial charge in [0.2, 0.25) is 0 Å². The molecule has 0 spiro atoms. The molecule has 0 aromatic rings. The van der Waals surface area contributed by atoms with Crippen molar-refractivity contribution in [1.82, 2.24) is 0 Å². The Balaban J connectivity index is 4.51. The normalized spacial score (nSPS) is 13.2. The molecule has 0 aliphatic carbocycles. The first-order valence-electron chi connectivity index (χ1n) is 30.3. The summed E-state index contributed by atoms with van der Waals surface area (Å²) in [6, 6.07) is 0. The first-order valence-corrected chi connectivity index (χ1v) is 30.3. The van der Waals surface area contributed by atoms with Crippen LogP contribution < -0.4 is 0 Å². The molecule has 1 unspecified atom stereocenters. The van der Waals surface area contributed by atoms with E-state index < -0.39 is 6.10 Å². The summed E-state index contributed by atoms with van der Waals surface area (Å²) in [6.45, 7) is 6.33. The lowest BCUT2D eigenvalue weighted by molar-refractivity contribution is -0.167. The van der Waals surface area contributed by atoms with Crippen LogP contribution in [0.3, 0.4) is 0 Å². The van der Waals surface area contributed by atoms with E-state index in [-0.39, 0.29) is 37.5 Å². The highest BCUT2D eigenvalue weighted by atomic mass is 16.6. The Bertz CT molecular complexity index is 1660. The maximum absolute atomic E-state index is 12.9. The van der Waals surface area contributed by atoms with Crippen molar-refractivity contribution in [3.05, 3.63) is 146 Å². The van der Waals surface area contributed by atoms with Crippen LogP contribution >= 0.6 is 0 Å². The number of esters is 3. The van der Waals surface area contributed by atoms with E-state index in [4.69, 9.17) is 14.2 Å². The predicted octanol–water partition coefficient (Wildman–Crippen LogP) is 20.8. The molecule has 6 nitrogen and oxygen atoms in total. The molecule has 0 aliphatic rings. The summed E-state index contributed by atoms with van der Waals surface area (Å²) >= 11 is 0. The third-order valence-corrected chi connectivity index (χ3v) is 12.3. The molecule has 0 radical (unpaired) electrons. The van der Waals surface area contributed by atoms with Crippen molar-refractivity contribution in [3.63, 3.8) is 0 Å². The molecular formula is C69H110O6. The van der Waals surface area contributed by atoms with Crippen LogP contribution in [-0.4, -0.2) is 37.2 Å². The van der Waals surface area contributed by atoms with Crippen LogP contribution in [-0.2, 0) is 28.6 Å². The zero-order chi connectivity index (χ0) is 54.3. The van der Waals surface area contributed by atoms with Crippen molar-refractivity contribution in [2.24, 2.45) is 0 Å². The molecule has 1 atom stereocenters. The molecular weight excluding hydrogens is 925 g/mol. The summed E-state index contributed by atoms with van der Waals surface area (Å²) in [6.07, 6.45) is 88.3. The van der Waals surface area contributed by atoms with Crippen LogP contribution in [0.4, 0.5) is 0 Å². The fraction of sp³-hybridized carbons (Fsp3) is 0.609. The fourth-order valence-corrected chi connectivity index (χ4v) is 7.82. The van der Waals surface area contributed by atoms with Crippen molar-refractivity contribution in [3.8, 4) is 0 Å². The van der Waals surface area contributed by atoms with Crippen molar-refractivity contribution < 1.29 is 28.6 Å². The van der Waals surface area contributed by atoms with Gasteiger partial charge in [-0.2, -0.15) is 0 Å². The third kappa shape index (κ3) is 60.0. The summed E-state index contributed by atoms with van der Waals surface area (Å²) in [5, 5.41) is 0. The number of allylic oxidation sites excluding steroid dienone is 24. The number of carbonyl (C=O) groups excluding carboxylic acids is 3. The average molecular weight is 1040 g/mol. The number of ether oxygens (including phenoxy) is 3. The zero-order valence-electron chi connectivity index (χ0n) is 48.3. The third-order valence-electron chi connectivity index (χ3n) is 12.3. The van der Waals surface area contributed by atoms with Gasteiger partial charge in [0.15, 0.2) is 6.10 Å². The maximum atomic E-state index is 12.9. The number of unbranched alkanes of at least 4 members (excludes halogenated alkanes) is 18. The van der Waals surface area contributed by atoms with E-state index in [0.717, 1.165) is 161 Å². The molecule has 0 saturated heterocycles. The molecule has 0 bridgehead atoms. The van der Waals surface area contributed by atoms with Crippen molar-refractivity contribution in [2.45, 2.75) is 258 Å². The Hall–Kier alpha value is -4.71. The molecule has 422 valence electrons. The van der Waals surface area contributed by atoms with Gasteiger partial charge in [-0.15, -0.1) is 0 Å². The largest absolute Gasteiger partial charge is 0.462 e. The highest BCUT2D eigenvalue weighted by molar-refractivity contribution is 5.71. The Morgan fingerprint density at radius 1 is 0.280 bits per heavy atom. The first kappa shape index (κ1) is 70.3. The molecule has 0 aromatic carbocycles. The standard InChI is InChI=1S/C69H110O6/c1-4-7-10-13-16-19-22-25-28-31-32-33-34-35-36-39-41-44-47-50-53-56-59-62-68(71)74-65-66(75-69(72)63-60-57-54-51-48-45-42-38-30-27-24-21-18-15-12-9-6-3)64-73-67(70)61-58-55-52-49-46-43-40-37-29-26-23-20-17-14-11-8-5-2/h7,9-10,12,16-21,25-30,32-33,35-36,41-42,44-45,66H,4-6,8,11,13-15,22-24,31,34,37-40,43,46-65H2,1-3H3/b10-7-,12-9-,19-16-,20-17-,21-18-,28-25-,29-26-,30-27-,33-32-,36-35-,44-41-,45-42-. The molecule has 0 N–H and O–H groups in total. The smallest absolute Gasteiger partial charge is 0.306 e. The molecule has 0 aromatic heterocycles. The van der Waals surface area contributed by atoms with Crippen LogP contribution in [0.25, 0.3) is 0 Å². The Kier molecular flexibility index (Phi) is 58.0. The number of rotatable bonds is 53. The highest BCUT2D eigenvalue weighted by Crippen LogP contribution is 2.14. The molecule has 6 heteroatoms. The maximum Gasteiger partial charge on any atom is 0.306 e. The van der Waals surface area contributed by atoms with Gasteiger partial charge >= 0.3 is 17.9 Å². The van der Waals surface area contributed by atoms with Crippen LogP contribution in [0.5, 0.6) is 0 Å². The predicted molar refractivity (Wildman–Crippen MR) is 325 cm³/mol. The van der Waals surface area contributed by atoms with Crippen molar-refractivity contribution in [2.75, 3.05) is 13.2 Å². The van der Waals surface area contributed by atoms with Gasteiger partial charge in [0, 0.05) is 19.3 Å². The molecule has 0 saturated carbocycles. The van der Waals surface area contributed by atoms with E-state index in [1.54, 1.807) is 0 Å². The Morgan fingerprint density at radius 3 is 0.813 bits per heavy atom. The minimum atomic E-state index is -0.813. The number of carbonyl (C=O) groups is 3. The summed E-state index contributed by atoms with van der Waals surface area (Å²) in [5.74, 6) is -0.966. The zero-order valence-corrected chi connectivity index (χ0v) is 48.3. The first-order chi connectivity index (χ1) is 37.0. The van der Waals surface area contributed by atoms with Gasteiger partial charge in [-0.25, -0.2) is 0 Å². The lowest BCUT2D eigenvalue weighted by atomic mass is 10.1. The van der Waals surface area contributed by atoms with Gasteiger partial charge in [-0.05, 0) is 141 Å². The van der Waals surface area contributed by atoms with Gasteiger partial charge in [-0.3, -0.25) is 14.4 Å². The van der Waals surface area contributed by atoms with Crippen molar-refractivity contribution in [1.29, 1.82) is 0 Å². The Morgan fingerprint density at radius 2 is 0.520 bits per heavy atom. The second-order valence-corrected chi connectivity index (χ2v) is 19.5. The van der Waals surface area contributed by atoms with Gasteiger partial charge in [0.05, 0.1) is 0 Å². The van der Waals surface area contributed by atoms with Gasteiger partial charge in [-0.1, -0.05) is 237 Å². The SMILES string of the molecule is CC/C=C\C/C=C\C/C=C\C/C=C\C/C=C\C/C=C\CCCCCCC(=O)OCC(COC(=O)CCCCCCCCC/C=C\C/C=C\CCCCC)OC(=O)CCCCCC/C=C\C/C=C\C/C=C\C/C=C\CC. The number of hydrogen-bond acceptors (Lipinski definition) is 6. The summed E-state index contributed by atoms with van der Waals surface area (Å²) in [4.78, 5) is 38.3. The fourth-order valence-electron chi connectivity index (χ4n) is 7.82. The van der Waals surface area contributed by atoms with Crippen LogP contribution in [0.15, 0.2) is 146 Å². The van der Waals surface area contributed by atoms with E-state index >= 15 is 0 Å². The second kappa shape index (κ2) is 61.8. The lowest BCUT2D eigenvalue weighted by Gasteiger charge is -2.18. The van der Waals surface area contributed by atoms with Gasteiger partial charge in [0.1, 0.15) is 13.2 Å². The summed E-state index contributed by atoms with van der Waals surface area (Å²) in [7, 11) is 0. The summed E-state index contributed by atoms with van der Waals surface area (Å²) < 4.78 is 16.9. The highest BCUT2D eigenvalue weighted by Gasteiger charge is 2.19. The van der Waals surface area contributed by atoms with E-state index in [9.17, 15) is 14.4 Å². The molecule has 0 rings (SSSR count). The second-order valence-electron chi connectivity index (χ2n) is 19.5. The van der Waals surface area contributed by atoms with E-state index in [0.29, 0.717) is 12.8 Å². The Labute approximate surface area is 461 Å². The minimum absolute atomic E-state index is 0.106. The average Bonchev–Trinajstić information content (AvgIpc) is 3.41. The monoisotopic (exact) mass is 1030 g/mol. The van der Waals surface area contributed by atoms with E-state index in [1.807, 2.05) is 0 Å². The molecule has 0 fully saturated rings.